The van der Waals surface area contributed by atoms with Crippen LogP contribution >= 0.6 is 11.6 Å². The zero-order valence-corrected chi connectivity index (χ0v) is 10.8. The molecule has 1 aliphatic heterocycles. The van der Waals surface area contributed by atoms with Gasteiger partial charge < -0.3 is 15.8 Å². The molecule has 7 heteroatoms. The van der Waals surface area contributed by atoms with E-state index in [0.717, 1.165) is 6.42 Å². The van der Waals surface area contributed by atoms with Crippen LogP contribution in [0.1, 0.15) is 23.2 Å². The van der Waals surface area contributed by atoms with Crippen LogP contribution in [0.2, 0.25) is 5.02 Å². The summed E-state index contributed by atoms with van der Waals surface area (Å²) < 4.78 is 13.8. The van der Waals surface area contributed by atoms with E-state index in [9.17, 15) is 9.18 Å². The van der Waals surface area contributed by atoms with Crippen LogP contribution < -0.4 is 5.73 Å². The van der Waals surface area contributed by atoms with Crippen molar-refractivity contribution >= 4 is 23.3 Å². The lowest BCUT2D eigenvalue weighted by molar-refractivity contribution is 0.0763. The highest BCUT2D eigenvalue weighted by Gasteiger charge is 2.33. The average Bonchev–Trinajstić information content (AvgIpc) is 2.89. The highest BCUT2D eigenvalue weighted by atomic mass is 35.5. The zero-order valence-electron chi connectivity index (χ0n) is 10.0. The Morgan fingerprint density at radius 1 is 1.58 bits per heavy atom. The first-order valence-corrected chi connectivity index (χ1v) is 6.16. The quantitative estimate of drug-likeness (QED) is 0.376. The van der Waals surface area contributed by atoms with Gasteiger partial charge >= 0.3 is 0 Å². The molecule has 0 spiro atoms. The predicted molar refractivity (Wildman–Crippen MR) is 68.9 cm³/mol. The van der Waals surface area contributed by atoms with Gasteiger partial charge in [-0.1, -0.05) is 22.8 Å². The molecule has 1 atom stereocenters. The van der Waals surface area contributed by atoms with Crippen LogP contribution in [0, 0.1) is 5.82 Å². The molecule has 1 aromatic rings. The number of hydrogen-bond acceptors (Lipinski definition) is 3. The van der Waals surface area contributed by atoms with Gasteiger partial charge in [-0.25, -0.2) is 4.39 Å². The molecule has 0 aliphatic carbocycles. The van der Waals surface area contributed by atoms with Crippen molar-refractivity contribution < 1.29 is 14.4 Å². The minimum atomic E-state index is -0.751. The molecule has 2 rings (SSSR count). The summed E-state index contributed by atoms with van der Waals surface area (Å²) in [4.78, 5) is 13.7. The van der Waals surface area contributed by atoms with Gasteiger partial charge in [-0.3, -0.25) is 4.79 Å². The molecule has 1 amide bonds. The first-order chi connectivity index (χ1) is 9.06. The van der Waals surface area contributed by atoms with E-state index >= 15 is 0 Å². The number of likely N-dealkylation sites (tertiary alicyclic amines) is 1. The van der Waals surface area contributed by atoms with Crippen LogP contribution in [0.25, 0.3) is 0 Å². The second-order valence-corrected chi connectivity index (χ2v) is 4.69. The van der Waals surface area contributed by atoms with Crippen molar-refractivity contribution in [3.8, 4) is 0 Å². The van der Waals surface area contributed by atoms with Crippen LogP contribution in [-0.2, 0) is 0 Å². The van der Waals surface area contributed by atoms with E-state index in [2.05, 4.69) is 5.16 Å². The molecule has 0 bridgehead atoms. The standard InChI is InChI=1S/C12H13ClFN3O2/c13-8-4-1-3-7(10(8)14)12(18)17-6-2-5-9(17)11(15)16-19/h1,3-4,9,19H,2,5-6H2,(H2,15,16). The van der Waals surface area contributed by atoms with Crippen molar-refractivity contribution in [1.29, 1.82) is 0 Å². The average molecular weight is 286 g/mol. The van der Waals surface area contributed by atoms with Gasteiger partial charge in [0.2, 0.25) is 0 Å². The van der Waals surface area contributed by atoms with Gasteiger partial charge in [0, 0.05) is 6.54 Å². The monoisotopic (exact) mass is 285 g/mol. The van der Waals surface area contributed by atoms with Crippen molar-refractivity contribution in [1.82, 2.24) is 4.90 Å². The summed E-state index contributed by atoms with van der Waals surface area (Å²) in [5, 5.41) is 11.5. The second-order valence-electron chi connectivity index (χ2n) is 4.28. The fraction of sp³-hybridized carbons (Fsp3) is 0.333. The lowest BCUT2D eigenvalue weighted by atomic mass is 10.1. The molecule has 1 unspecified atom stereocenters. The molecule has 0 saturated carbocycles. The van der Waals surface area contributed by atoms with Crippen LogP contribution in [0.15, 0.2) is 23.4 Å². The number of carbonyl (C=O) groups is 1. The molecule has 1 aliphatic rings. The number of rotatable bonds is 2. The normalized spacial score (nSPS) is 19.8. The summed E-state index contributed by atoms with van der Waals surface area (Å²) in [6, 6.07) is 3.74. The Balaban J connectivity index is 2.31. The van der Waals surface area contributed by atoms with Gasteiger partial charge in [0.25, 0.3) is 5.91 Å². The third-order valence-corrected chi connectivity index (χ3v) is 3.44. The molecular weight excluding hydrogens is 273 g/mol. The number of amidine groups is 1. The molecule has 19 heavy (non-hydrogen) atoms. The molecule has 102 valence electrons. The molecule has 1 fully saturated rings. The van der Waals surface area contributed by atoms with Crippen molar-refractivity contribution in [2.24, 2.45) is 10.9 Å². The van der Waals surface area contributed by atoms with E-state index in [4.69, 9.17) is 22.5 Å². The molecule has 0 radical (unpaired) electrons. The number of carbonyl (C=O) groups excluding carboxylic acids is 1. The second kappa shape index (κ2) is 5.44. The van der Waals surface area contributed by atoms with Crippen molar-refractivity contribution in [3.63, 3.8) is 0 Å². The first kappa shape index (κ1) is 13.6. The molecule has 1 heterocycles. The Bertz CT molecular complexity index is 536. The van der Waals surface area contributed by atoms with E-state index < -0.39 is 17.8 Å². The predicted octanol–water partition coefficient (Wildman–Crippen LogP) is 1.83. The fourth-order valence-corrected chi connectivity index (χ4v) is 2.38. The van der Waals surface area contributed by atoms with Crippen molar-refractivity contribution in [2.75, 3.05) is 6.54 Å². The van der Waals surface area contributed by atoms with Crippen LogP contribution in [0.4, 0.5) is 4.39 Å². The number of nitrogens with two attached hydrogens (primary N) is 1. The van der Waals surface area contributed by atoms with E-state index in [0.29, 0.717) is 13.0 Å². The van der Waals surface area contributed by atoms with Gasteiger partial charge in [0.15, 0.2) is 11.7 Å². The Hall–Kier alpha value is -1.82. The molecule has 1 saturated heterocycles. The van der Waals surface area contributed by atoms with E-state index in [1.54, 1.807) is 0 Å². The van der Waals surface area contributed by atoms with Crippen LogP contribution in [-0.4, -0.2) is 34.4 Å². The number of halogens is 2. The fourth-order valence-electron chi connectivity index (χ4n) is 2.21. The summed E-state index contributed by atoms with van der Waals surface area (Å²) in [7, 11) is 0. The van der Waals surface area contributed by atoms with Crippen LogP contribution in [0.5, 0.6) is 0 Å². The maximum atomic E-state index is 13.8. The third kappa shape index (κ3) is 2.49. The lowest BCUT2D eigenvalue weighted by Crippen LogP contribution is -2.44. The number of amides is 1. The van der Waals surface area contributed by atoms with Crippen molar-refractivity contribution in [2.45, 2.75) is 18.9 Å². The minimum absolute atomic E-state index is 0.0479. The summed E-state index contributed by atoms with van der Waals surface area (Å²) in [5.74, 6) is -1.30. The SMILES string of the molecule is N/C(=N/O)C1CCCN1C(=O)c1cccc(Cl)c1F. The Labute approximate surface area is 114 Å². The van der Waals surface area contributed by atoms with E-state index in [1.807, 2.05) is 0 Å². The summed E-state index contributed by atoms with van der Waals surface area (Å²) in [6.07, 6.45) is 1.30. The largest absolute Gasteiger partial charge is 0.409 e. The summed E-state index contributed by atoms with van der Waals surface area (Å²) in [5.41, 5.74) is 5.43. The van der Waals surface area contributed by atoms with Gasteiger partial charge in [0.1, 0.15) is 0 Å². The highest BCUT2D eigenvalue weighted by molar-refractivity contribution is 6.31. The summed E-state index contributed by atoms with van der Waals surface area (Å²) >= 11 is 5.66. The zero-order chi connectivity index (χ0) is 14.0. The lowest BCUT2D eigenvalue weighted by Gasteiger charge is -2.23. The number of benzene rings is 1. The molecular formula is C12H13ClFN3O2. The maximum Gasteiger partial charge on any atom is 0.257 e. The van der Waals surface area contributed by atoms with Gasteiger partial charge in [-0.05, 0) is 25.0 Å². The number of nitrogens with zero attached hydrogens (tertiary/aromatic N) is 2. The van der Waals surface area contributed by atoms with E-state index in [-0.39, 0.29) is 16.4 Å². The first-order valence-electron chi connectivity index (χ1n) is 5.78. The smallest absolute Gasteiger partial charge is 0.257 e. The maximum absolute atomic E-state index is 13.8. The number of hydrogen-bond donors (Lipinski definition) is 2. The van der Waals surface area contributed by atoms with Gasteiger partial charge in [-0.15, -0.1) is 0 Å². The van der Waals surface area contributed by atoms with Gasteiger partial charge in [-0.2, -0.15) is 0 Å². The summed E-state index contributed by atoms with van der Waals surface area (Å²) in [6.45, 7) is 0.436. The van der Waals surface area contributed by atoms with E-state index in [1.165, 1.54) is 23.1 Å². The molecule has 0 aromatic heterocycles. The topological polar surface area (TPSA) is 78.9 Å². The van der Waals surface area contributed by atoms with Gasteiger partial charge in [0.05, 0.1) is 16.6 Å². The third-order valence-electron chi connectivity index (χ3n) is 3.15. The minimum Gasteiger partial charge on any atom is -0.409 e. The Kier molecular flexibility index (Phi) is 3.90. The molecule has 5 nitrogen and oxygen atoms in total. The van der Waals surface area contributed by atoms with Crippen LogP contribution in [0.3, 0.4) is 0 Å². The Morgan fingerprint density at radius 3 is 3.00 bits per heavy atom. The number of oxime groups is 1. The molecule has 1 aromatic carbocycles. The van der Waals surface area contributed by atoms with Crippen molar-refractivity contribution in [3.05, 3.63) is 34.6 Å². The Morgan fingerprint density at radius 2 is 2.32 bits per heavy atom. The molecule has 3 N–H and O–H groups in total. The highest BCUT2D eigenvalue weighted by Crippen LogP contribution is 2.24.